The lowest BCUT2D eigenvalue weighted by Gasteiger charge is -2.19. The van der Waals surface area contributed by atoms with Crippen LogP contribution in [-0.4, -0.2) is 4.57 Å². The second-order valence-corrected chi connectivity index (χ2v) is 5.12. The number of rotatable bonds is 3. The molecule has 0 aliphatic rings. The molecule has 0 aliphatic heterocycles. The fraction of sp³-hybridized carbons (Fsp3) is 0.222. The van der Waals surface area contributed by atoms with E-state index in [1.165, 1.54) is 22.0 Å². The van der Waals surface area contributed by atoms with Gasteiger partial charge in [0, 0.05) is 11.7 Å². The maximum absolute atomic E-state index is 2.39. The summed E-state index contributed by atoms with van der Waals surface area (Å²) >= 11 is 0. The van der Waals surface area contributed by atoms with Gasteiger partial charge in [-0.3, -0.25) is 0 Å². The van der Waals surface area contributed by atoms with Crippen LogP contribution >= 0.6 is 0 Å². The predicted molar refractivity (Wildman–Crippen MR) is 81.5 cm³/mol. The van der Waals surface area contributed by atoms with Gasteiger partial charge in [0.05, 0.1) is 6.04 Å². The van der Waals surface area contributed by atoms with Gasteiger partial charge >= 0.3 is 0 Å². The fourth-order valence-corrected chi connectivity index (χ4v) is 2.85. The third kappa shape index (κ3) is 2.17. The van der Waals surface area contributed by atoms with Gasteiger partial charge in [-0.25, -0.2) is 0 Å². The molecule has 0 aliphatic carbocycles. The number of nitrogens with zero attached hydrogens (tertiary/aromatic N) is 1. The topological polar surface area (TPSA) is 4.93 Å². The van der Waals surface area contributed by atoms with Crippen LogP contribution in [0.1, 0.15) is 30.5 Å². The standard InChI is InChI=1S/C18H19N/c1-3-17(16-9-6-7-14(2)13-16)19-12-11-15-8-4-5-10-18(15)19/h4-13,17H,3H2,1-2H3. The molecule has 2 aromatic carbocycles. The molecule has 1 heterocycles. The SMILES string of the molecule is CCC(c1cccc(C)c1)n1ccc2ccccc21. The molecule has 0 amide bonds. The van der Waals surface area contributed by atoms with Gasteiger partial charge in [0.25, 0.3) is 0 Å². The summed E-state index contributed by atoms with van der Waals surface area (Å²) < 4.78 is 2.39. The Hall–Kier alpha value is -2.02. The van der Waals surface area contributed by atoms with Crippen molar-refractivity contribution < 1.29 is 0 Å². The van der Waals surface area contributed by atoms with Gasteiger partial charge in [-0.15, -0.1) is 0 Å². The van der Waals surface area contributed by atoms with Crippen molar-refractivity contribution in [2.45, 2.75) is 26.3 Å². The molecular weight excluding hydrogens is 230 g/mol. The summed E-state index contributed by atoms with van der Waals surface area (Å²) in [5, 5.41) is 1.31. The molecular formula is C18H19N. The first-order valence-electron chi connectivity index (χ1n) is 6.91. The van der Waals surface area contributed by atoms with E-state index in [0.717, 1.165) is 6.42 Å². The van der Waals surface area contributed by atoms with Crippen LogP contribution in [0.3, 0.4) is 0 Å². The van der Waals surface area contributed by atoms with Crippen molar-refractivity contribution in [1.29, 1.82) is 0 Å². The van der Waals surface area contributed by atoms with Crippen LogP contribution in [0.2, 0.25) is 0 Å². The summed E-state index contributed by atoms with van der Waals surface area (Å²) in [6.07, 6.45) is 3.31. The van der Waals surface area contributed by atoms with E-state index in [-0.39, 0.29) is 0 Å². The number of benzene rings is 2. The second-order valence-electron chi connectivity index (χ2n) is 5.12. The van der Waals surface area contributed by atoms with Gasteiger partial charge in [-0.05, 0) is 36.4 Å². The van der Waals surface area contributed by atoms with Gasteiger partial charge in [0.2, 0.25) is 0 Å². The molecule has 1 nitrogen and oxygen atoms in total. The second kappa shape index (κ2) is 4.93. The van der Waals surface area contributed by atoms with E-state index in [1.807, 2.05) is 0 Å². The smallest absolute Gasteiger partial charge is 0.0583 e. The zero-order valence-corrected chi connectivity index (χ0v) is 11.5. The number of fused-ring (bicyclic) bond motifs is 1. The Morgan fingerprint density at radius 1 is 1.00 bits per heavy atom. The van der Waals surface area contributed by atoms with Crippen molar-refractivity contribution in [3.63, 3.8) is 0 Å². The molecule has 1 unspecified atom stereocenters. The lowest BCUT2D eigenvalue weighted by atomic mass is 10.0. The van der Waals surface area contributed by atoms with Crippen LogP contribution in [0.4, 0.5) is 0 Å². The van der Waals surface area contributed by atoms with E-state index in [4.69, 9.17) is 0 Å². The predicted octanol–water partition coefficient (Wildman–Crippen LogP) is 4.95. The summed E-state index contributed by atoms with van der Waals surface area (Å²) in [5.41, 5.74) is 4.03. The largest absolute Gasteiger partial charge is 0.340 e. The third-order valence-electron chi connectivity index (χ3n) is 3.78. The van der Waals surface area contributed by atoms with E-state index >= 15 is 0 Å². The maximum atomic E-state index is 2.39. The van der Waals surface area contributed by atoms with Gasteiger partial charge < -0.3 is 4.57 Å². The molecule has 3 aromatic rings. The van der Waals surface area contributed by atoms with Crippen molar-refractivity contribution in [2.24, 2.45) is 0 Å². The third-order valence-corrected chi connectivity index (χ3v) is 3.78. The van der Waals surface area contributed by atoms with Crippen LogP contribution in [0.25, 0.3) is 10.9 Å². The highest BCUT2D eigenvalue weighted by Crippen LogP contribution is 2.27. The Morgan fingerprint density at radius 3 is 2.63 bits per heavy atom. The summed E-state index contributed by atoms with van der Waals surface area (Å²) in [5.74, 6) is 0. The van der Waals surface area contributed by atoms with Gasteiger partial charge in [0.1, 0.15) is 0 Å². The summed E-state index contributed by atoms with van der Waals surface area (Å²) in [4.78, 5) is 0. The number of para-hydroxylation sites is 1. The summed E-state index contributed by atoms with van der Waals surface area (Å²) in [6, 6.07) is 20.0. The van der Waals surface area contributed by atoms with Crippen molar-refractivity contribution in [1.82, 2.24) is 4.57 Å². The molecule has 0 N–H and O–H groups in total. The molecule has 1 atom stereocenters. The Morgan fingerprint density at radius 2 is 1.84 bits per heavy atom. The van der Waals surface area contributed by atoms with Crippen molar-refractivity contribution in [2.75, 3.05) is 0 Å². The fourth-order valence-electron chi connectivity index (χ4n) is 2.85. The molecule has 0 saturated heterocycles. The van der Waals surface area contributed by atoms with Gasteiger partial charge in [-0.2, -0.15) is 0 Å². The van der Waals surface area contributed by atoms with E-state index in [2.05, 4.69) is 79.2 Å². The zero-order chi connectivity index (χ0) is 13.2. The van der Waals surface area contributed by atoms with E-state index in [9.17, 15) is 0 Å². The van der Waals surface area contributed by atoms with E-state index in [1.54, 1.807) is 0 Å². The van der Waals surface area contributed by atoms with Gasteiger partial charge in [0.15, 0.2) is 0 Å². The average molecular weight is 249 g/mol. The first-order valence-corrected chi connectivity index (χ1v) is 6.91. The minimum Gasteiger partial charge on any atom is -0.340 e. The highest BCUT2D eigenvalue weighted by atomic mass is 15.0. The summed E-state index contributed by atoms with van der Waals surface area (Å²) in [7, 11) is 0. The lowest BCUT2D eigenvalue weighted by molar-refractivity contribution is 0.585. The Labute approximate surface area is 114 Å². The first-order chi connectivity index (χ1) is 9.29. The number of hydrogen-bond acceptors (Lipinski definition) is 0. The van der Waals surface area contributed by atoms with Crippen LogP contribution < -0.4 is 0 Å². The Bertz CT molecular complexity index is 693. The minimum absolute atomic E-state index is 0.416. The number of aryl methyl sites for hydroxylation is 1. The van der Waals surface area contributed by atoms with E-state index < -0.39 is 0 Å². The maximum Gasteiger partial charge on any atom is 0.0583 e. The average Bonchev–Trinajstić information content (AvgIpc) is 2.84. The molecule has 0 saturated carbocycles. The Kier molecular flexibility index (Phi) is 3.12. The molecule has 1 aromatic heterocycles. The monoisotopic (exact) mass is 249 g/mol. The molecule has 19 heavy (non-hydrogen) atoms. The van der Waals surface area contributed by atoms with Crippen molar-refractivity contribution in [3.8, 4) is 0 Å². The van der Waals surface area contributed by atoms with E-state index in [0.29, 0.717) is 6.04 Å². The van der Waals surface area contributed by atoms with Gasteiger partial charge in [-0.1, -0.05) is 55.0 Å². The number of aromatic nitrogens is 1. The summed E-state index contributed by atoms with van der Waals surface area (Å²) in [6.45, 7) is 4.41. The lowest BCUT2D eigenvalue weighted by Crippen LogP contribution is -2.08. The van der Waals surface area contributed by atoms with Crippen molar-refractivity contribution >= 4 is 10.9 Å². The highest BCUT2D eigenvalue weighted by Gasteiger charge is 2.13. The minimum atomic E-state index is 0.416. The molecule has 0 fully saturated rings. The molecule has 1 heteroatoms. The van der Waals surface area contributed by atoms with Crippen LogP contribution in [0.5, 0.6) is 0 Å². The van der Waals surface area contributed by atoms with Crippen LogP contribution in [-0.2, 0) is 0 Å². The van der Waals surface area contributed by atoms with Crippen molar-refractivity contribution in [3.05, 3.63) is 71.9 Å². The molecule has 96 valence electrons. The molecule has 3 rings (SSSR count). The first kappa shape index (κ1) is 12.0. The Balaban J connectivity index is 2.12. The molecule has 0 spiro atoms. The van der Waals surface area contributed by atoms with Crippen LogP contribution in [0.15, 0.2) is 60.8 Å². The molecule has 0 bridgehead atoms. The molecule has 0 radical (unpaired) electrons. The number of hydrogen-bond donors (Lipinski definition) is 0. The normalized spacial score (nSPS) is 12.7. The highest BCUT2D eigenvalue weighted by molar-refractivity contribution is 5.80. The van der Waals surface area contributed by atoms with Crippen LogP contribution in [0, 0.1) is 6.92 Å². The quantitative estimate of drug-likeness (QED) is 0.619. The zero-order valence-electron chi connectivity index (χ0n) is 11.5.